The molecular weight excluding hydrogens is 388 g/mol. The minimum Gasteiger partial charge on any atom is -0.478 e. The normalized spacial score (nSPS) is 11.4. The third-order valence-corrected chi connectivity index (χ3v) is 5.05. The lowest BCUT2D eigenvalue weighted by Crippen LogP contribution is -2.19. The number of aromatic carboxylic acids is 1. The van der Waals surface area contributed by atoms with E-state index in [9.17, 15) is 13.2 Å². The Kier molecular flexibility index (Phi) is 4.66. The highest BCUT2D eigenvalue weighted by atomic mass is 79.9. The van der Waals surface area contributed by atoms with Crippen molar-refractivity contribution in [1.29, 1.82) is 0 Å². The van der Waals surface area contributed by atoms with Gasteiger partial charge >= 0.3 is 5.97 Å². The average molecular weight is 403 g/mol. The van der Waals surface area contributed by atoms with Crippen molar-refractivity contribution in [2.75, 3.05) is 10.5 Å². The highest BCUT2D eigenvalue weighted by molar-refractivity contribution is 9.10. The number of sulfonamides is 1. The summed E-state index contributed by atoms with van der Waals surface area (Å²) in [5.74, 6) is -0.694. The number of carboxylic acid groups (broad SMARTS) is 1. The highest BCUT2D eigenvalue weighted by Crippen LogP contribution is 2.30. The molecule has 0 spiro atoms. The molecular formula is C13H15BrN4O4S. The molecule has 4 N–H and O–H groups in total. The number of carboxylic acids is 1. The van der Waals surface area contributed by atoms with Crippen LogP contribution in [0, 0.1) is 6.92 Å². The number of aromatic nitrogens is 2. The molecule has 2 aromatic rings. The lowest BCUT2D eigenvalue weighted by molar-refractivity contribution is 0.0698. The first-order valence-corrected chi connectivity index (χ1v) is 8.82. The predicted molar refractivity (Wildman–Crippen MR) is 89.0 cm³/mol. The molecule has 0 saturated carbocycles. The van der Waals surface area contributed by atoms with Gasteiger partial charge in [-0.1, -0.05) is 15.9 Å². The minimum atomic E-state index is -3.96. The number of hydrogen-bond acceptors (Lipinski definition) is 5. The summed E-state index contributed by atoms with van der Waals surface area (Å²) in [7, 11) is -3.96. The van der Waals surface area contributed by atoms with E-state index in [-0.39, 0.29) is 22.0 Å². The molecule has 1 heterocycles. The molecule has 1 aromatic heterocycles. The van der Waals surface area contributed by atoms with Crippen LogP contribution in [0.3, 0.4) is 0 Å². The zero-order valence-electron chi connectivity index (χ0n) is 12.4. The van der Waals surface area contributed by atoms with Crippen LogP contribution in [-0.4, -0.2) is 29.0 Å². The average Bonchev–Trinajstić information content (AvgIpc) is 2.83. The monoisotopic (exact) mass is 402 g/mol. The van der Waals surface area contributed by atoms with Gasteiger partial charge in [-0.05, 0) is 26.0 Å². The van der Waals surface area contributed by atoms with Crippen LogP contribution >= 0.6 is 15.9 Å². The van der Waals surface area contributed by atoms with Crippen molar-refractivity contribution in [3.05, 3.63) is 34.2 Å². The molecule has 0 radical (unpaired) electrons. The zero-order valence-corrected chi connectivity index (χ0v) is 14.8. The summed E-state index contributed by atoms with van der Waals surface area (Å²) in [6.07, 6.45) is 1.24. The Labute approximate surface area is 141 Å². The molecule has 10 heteroatoms. The first kappa shape index (κ1) is 17.3. The van der Waals surface area contributed by atoms with E-state index in [4.69, 9.17) is 10.8 Å². The number of carbonyl (C=O) groups is 1. The van der Waals surface area contributed by atoms with Crippen LogP contribution in [0.1, 0.15) is 23.1 Å². The summed E-state index contributed by atoms with van der Waals surface area (Å²) < 4.78 is 29.3. The third-order valence-electron chi connectivity index (χ3n) is 3.23. The van der Waals surface area contributed by atoms with Gasteiger partial charge in [-0.3, -0.25) is 4.72 Å². The number of anilines is 2. The van der Waals surface area contributed by atoms with Gasteiger partial charge in [-0.25, -0.2) is 9.78 Å². The van der Waals surface area contributed by atoms with Gasteiger partial charge in [0.25, 0.3) is 10.0 Å². The van der Waals surface area contributed by atoms with Crippen LogP contribution in [0.2, 0.25) is 0 Å². The Balaban J connectivity index is 2.52. The molecule has 0 unspecified atom stereocenters. The lowest BCUT2D eigenvalue weighted by atomic mass is 10.1. The number of nitrogens with zero attached hydrogens (tertiary/aromatic N) is 2. The number of benzene rings is 1. The summed E-state index contributed by atoms with van der Waals surface area (Å²) in [4.78, 5) is 15.2. The Bertz CT molecular complexity index is 876. The number of imidazole rings is 1. The largest absolute Gasteiger partial charge is 0.478 e. The maximum absolute atomic E-state index is 12.5. The van der Waals surface area contributed by atoms with Gasteiger partial charge in [-0.2, -0.15) is 8.42 Å². The van der Waals surface area contributed by atoms with E-state index >= 15 is 0 Å². The first-order chi connectivity index (χ1) is 10.7. The number of hydrogen-bond donors (Lipinski definition) is 3. The predicted octanol–water partition coefficient (Wildman–Crippen LogP) is 2.06. The van der Waals surface area contributed by atoms with Gasteiger partial charge in [-0.15, -0.1) is 0 Å². The minimum absolute atomic E-state index is 0.0155. The van der Waals surface area contributed by atoms with E-state index in [2.05, 4.69) is 25.6 Å². The molecule has 0 atom stereocenters. The molecule has 0 fully saturated rings. The number of nitrogens with one attached hydrogen (secondary N) is 1. The van der Waals surface area contributed by atoms with E-state index in [0.717, 1.165) is 0 Å². The van der Waals surface area contributed by atoms with Crippen molar-refractivity contribution < 1.29 is 18.3 Å². The van der Waals surface area contributed by atoms with E-state index < -0.39 is 16.0 Å². The van der Waals surface area contributed by atoms with Crippen molar-refractivity contribution >= 4 is 43.3 Å². The van der Waals surface area contributed by atoms with Crippen molar-refractivity contribution in [1.82, 2.24) is 9.55 Å². The second-order valence-corrected chi connectivity index (χ2v) is 7.26. The summed E-state index contributed by atoms with van der Waals surface area (Å²) >= 11 is 3.14. The van der Waals surface area contributed by atoms with Gasteiger partial charge in [0.2, 0.25) is 0 Å². The summed E-state index contributed by atoms with van der Waals surface area (Å²) in [6, 6.07) is 2.70. The van der Waals surface area contributed by atoms with E-state index in [1.807, 2.05) is 0 Å². The van der Waals surface area contributed by atoms with E-state index in [1.54, 1.807) is 13.8 Å². The molecule has 8 nitrogen and oxygen atoms in total. The second kappa shape index (κ2) is 6.20. The van der Waals surface area contributed by atoms with Crippen LogP contribution in [0.4, 0.5) is 11.4 Å². The fraction of sp³-hybridized carbons (Fsp3) is 0.231. The fourth-order valence-electron chi connectivity index (χ4n) is 2.12. The Morgan fingerprint density at radius 2 is 2.13 bits per heavy atom. The molecule has 0 bridgehead atoms. The van der Waals surface area contributed by atoms with Gasteiger partial charge in [0.15, 0.2) is 5.03 Å². The standard InChI is InChI=1S/C13H15BrN4O4S/c1-3-18-7(2)16-6-11(18)23(21,22)17-10-5-8(14)4-9(12(10)15)13(19)20/h4-6,17H,3,15H2,1-2H3,(H,19,20). The van der Waals surface area contributed by atoms with Crippen LogP contribution in [0.15, 0.2) is 27.8 Å². The summed E-state index contributed by atoms with van der Waals surface area (Å²) in [5.41, 5.74) is 5.39. The number of rotatable bonds is 5. The Morgan fingerprint density at radius 3 is 2.70 bits per heavy atom. The second-order valence-electron chi connectivity index (χ2n) is 4.71. The van der Waals surface area contributed by atoms with E-state index in [0.29, 0.717) is 16.8 Å². The molecule has 0 aliphatic heterocycles. The van der Waals surface area contributed by atoms with Gasteiger partial charge < -0.3 is 15.4 Å². The van der Waals surface area contributed by atoms with E-state index in [1.165, 1.54) is 22.9 Å². The van der Waals surface area contributed by atoms with Crippen LogP contribution in [-0.2, 0) is 16.6 Å². The highest BCUT2D eigenvalue weighted by Gasteiger charge is 2.23. The van der Waals surface area contributed by atoms with Crippen molar-refractivity contribution in [3.63, 3.8) is 0 Å². The molecule has 0 aliphatic carbocycles. The molecule has 0 aliphatic rings. The summed E-state index contributed by atoms with van der Waals surface area (Å²) in [5, 5.41) is 9.10. The number of nitrogens with two attached hydrogens (primary N) is 1. The smallest absolute Gasteiger partial charge is 0.337 e. The van der Waals surface area contributed by atoms with Crippen LogP contribution < -0.4 is 10.5 Å². The van der Waals surface area contributed by atoms with Crippen LogP contribution in [0.25, 0.3) is 0 Å². The first-order valence-electron chi connectivity index (χ1n) is 6.54. The van der Waals surface area contributed by atoms with Gasteiger partial charge in [0.05, 0.1) is 23.1 Å². The number of aryl methyl sites for hydroxylation is 1. The van der Waals surface area contributed by atoms with Crippen molar-refractivity contribution in [2.24, 2.45) is 0 Å². The quantitative estimate of drug-likeness (QED) is 0.656. The van der Waals surface area contributed by atoms with Crippen molar-refractivity contribution in [3.8, 4) is 0 Å². The Hall–Kier alpha value is -2.07. The van der Waals surface area contributed by atoms with Gasteiger partial charge in [0.1, 0.15) is 5.82 Å². The third kappa shape index (κ3) is 3.32. The zero-order chi connectivity index (χ0) is 17.4. The molecule has 0 amide bonds. The van der Waals surface area contributed by atoms with Crippen molar-refractivity contribution in [2.45, 2.75) is 25.4 Å². The topological polar surface area (TPSA) is 127 Å². The summed E-state index contributed by atoms with van der Waals surface area (Å²) in [6.45, 7) is 3.92. The molecule has 23 heavy (non-hydrogen) atoms. The Morgan fingerprint density at radius 1 is 1.48 bits per heavy atom. The number of halogens is 1. The maximum Gasteiger partial charge on any atom is 0.337 e. The lowest BCUT2D eigenvalue weighted by Gasteiger charge is -2.14. The SMILES string of the molecule is CCn1c(S(=O)(=O)Nc2cc(Br)cc(C(=O)O)c2N)cnc1C. The fourth-order valence-corrected chi connectivity index (χ4v) is 3.89. The molecule has 1 aromatic carbocycles. The number of nitrogen functional groups attached to an aromatic ring is 1. The van der Waals surface area contributed by atoms with Gasteiger partial charge in [0, 0.05) is 11.0 Å². The molecule has 0 saturated heterocycles. The maximum atomic E-state index is 12.5. The molecule has 2 rings (SSSR count). The van der Waals surface area contributed by atoms with Crippen LogP contribution in [0.5, 0.6) is 0 Å². The molecule has 124 valence electrons.